The third-order valence-corrected chi connectivity index (χ3v) is 9.00. The van der Waals surface area contributed by atoms with E-state index in [4.69, 9.17) is 9.47 Å². The molecule has 7 heteroatoms. The second-order valence-electron chi connectivity index (χ2n) is 10.6. The first-order chi connectivity index (χ1) is 19.5. The summed E-state index contributed by atoms with van der Waals surface area (Å²) in [6.45, 7) is 6.37. The van der Waals surface area contributed by atoms with Crippen molar-refractivity contribution in [2.24, 2.45) is 0 Å². The smallest absolute Gasteiger partial charge is 0.220 e. The number of likely N-dealkylation sites (tertiary alicyclic amines) is 1. The van der Waals surface area contributed by atoms with Crippen LogP contribution in [0.3, 0.4) is 0 Å². The van der Waals surface area contributed by atoms with Crippen LogP contribution in [-0.4, -0.2) is 55.5 Å². The monoisotopic (exact) mass is 554 g/mol. The fraction of sp³-hybridized carbons (Fsp3) is 0.333. The van der Waals surface area contributed by atoms with Crippen molar-refractivity contribution in [1.29, 1.82) is 0 Å². The van der Waals surface area contributed by atoms with Gasteiger partial charge in [0.1, 0.15) is 24.7 Å². The second-order valence-corrected chi connectivity index (χ2v) is 11.7. The molecule has 0 radical (unpaired) electrons. The minimum atomic E-state index is 0.00558. The number of ketones is 1. The van der Waals surface area contributed by atoms with Gasteiger partial charge in [-0.25, -0.2) is 0 Å². The van der Waals surface area contributed by atoms with Gasteiger partial charge in [-0.2, -0.15) is 0 Å². The van der Waals surface area contributed by atoms with Crippen LogP contribution >= 0.6 is 11.3 Å². The van der Waals surface area contributed by atoms with Crippen molar-refractivity contribution >= 4 is 33.1 Å². The van der Waals surface area contributed by atoms with E-state index in [0.717, 1.165) is 69.2 Å². The molecule has 2 aliphatic rings. The molecule has 2 saturated heterocycles. The van der Waals surface area contributed by atoms with Gasteiger partial charge in [0.15, 0.2) is 5.78 Å². The average Bonchev–Trinajstić information content (AvgIpc) is 3.72. The summed E-state index contributed by atoms with van der Waals surface area (Å²) in [5.74, 6) is 1.67. The van der Waals surface area contributed by atoms with E-state index in [1.54, 1.807) is 11.3 Å². The highest BCUT2D eigenvalue weighted by molar-refractivity contribution is 7.22. The molecule has 2 aliphatic heterocycles. The van der Waals surface area contributed by atoms with Crippen molar-refractivity contribution in [2.45, 2.75) is 38.6 Å². The first-order valence-corrected chi connectivity index (χ1v) is 14.9. The van der Waals surface area contributed by atoms with Crippen LogP contribution in [0.15, 0.2) is 66.7 Å². The fourth-order valence-electron chi connectivity index (χ4n) is 5.57. The van der Waals surface area contributed by atoms with Gasteiger partial charge in [-0.1, -0.05) is 18.2 Å². The lowest BCUT2D eigenvalue weighted by molar-refractivity contribution is -0.119. The Labute approximate surface area is 238 Å². The topological polar surface area (TPSA) is 67.9 Å². The first-order valence-electron chi connectivity index (χ1n) is 14.1. The number of carbonyl (C=O) groups excluding carboxylic acids is 2. The third-order valence-electron chi connectivity index (χ3n) is 7.78. The Morgan fingerprint density at radius 3 is 2.58 bits per heavy atom. The number of thiophene rings is 1. The molecule has 1 unspecified atom stereocenters. The molecule has 206 valence electrons. The Morgan fingerprint density at radius 1 is 1.02 bits per heavy atom. The standard InChI is InChI=1S/C33H34N2O4S/c1-22-20-24(10-14-28(22)39-21-25-11-15-30(36)34-25)33-31(27-6-2-3-7-29(27)40-33)32(37)23-8-12-26(13-9-23)38-19-18-35-16-4-5-17-35/h2-3,6-10,12-14,20,25H,4-5,11,15-19,21H2,1H3,(H,34,36). The van der Waals surface area contributed by atoms with Crippen molar-refractivity contribution in [3.63, 3.8) is 0 Å². The van der Waals surface area contributed by atoms with E-state index in [1.807, 2.05) is 61.5 Å². The lowest BCUT2D eigenvalue weighted by Crippen LogP contribution is -2.30. The molecule has 1 N–H and O–H groups in total. The van der Waals surface area contributed by atoms with Crippen LogP contribution in [0.1, 0.15) is 47.2 Å². The molecule has 0 bridgehead atoms. The fourth-order valence-corrected chi connectivity index (χ4v) is 6.76. The van der Waals surface area contributed by atoms with Crippen LogP contribution in [0.5, 0.6) is 11.5 Å². The maximum Gasteiger partial charge on any atom is 0.220 e. The lowest BCUT2D eigenvalue weighted by Gasteiger charge is -2.15. The lowest BCUT2D eigenvalue weighted by atomic mass is 9.97. The number of rotatable bonds is 10. The Morgan fingerprint density at radius 2 is 1.82 bits per heavy atom. The molecule has 1 aromatic heterocycles. The van der Waals surface area contributed by atoms with E-state index in [1.165, 1.54) is 12.8 Å². The molecule has 0 spiro atoms. The Kier molecular flexibility index (Phi) is 7.84. The Hall–Kier alpha value is -3.68. The third kappa shape index (κ3) is 5.76. The van der Waals surface area contributed by atoms with Crippen molar-refractivity contribution in [2.75, 3.05) is 32.8 Å². The summed E-state index contributed by atoms with van der Waals surface area (Å²) in [6, 6.07) is 21.7. The summed E-state index contributed by atoms with van der Waals surface area (Å²) in [5.41, 5.74) is 3.36. The summed E-state index contributed by atoms with van der Waals surface area (Å²) in [6.07, 6.45) is 3.90. The van der Waals surface area contributed by atoms with E-state index >= 15 is 0 Å². The number of carbonyl (C=O) groups is 2. The SMILES string of the molecule is Cc1cc(-c2sc3ccccc3c2C(=O)c2ccc(OCCN3CCCC3)cc2)ccc1OCC1CCC(=O)N1. The highest BCUT2D eigenvalue weighted by atomic mass is 32.1. The van der Waals surface area contributed by atoms with E-state index in [9.17, 15) is 9.59 Å². The van der Waals surface area contributed by atoms with E-state index in [-0.39, 0.29) is 17.7 Å². The van der Waals surface area contributed by atoms with Gasteiger partial charge in [0.25, 0.3) is 0 Å². The number of benzene rings is 3. The maximum atomic E-state index is 13.9. The summed E-state index contributed by atoms with van der Waals surface area (Å²) < 4.78 is 13.1. The number of hydrogen-bond donors (Lipinski definition) is 1. The zero-order chi connectivity index (χ0) is 27.5. The minimum absolute atomic E-state index is 0.00558. The van der Waals surface area contributed by atoms with Crippen molar-refractivity contribution in [1.82, 2.24) is 10.2 Å². The molecule has 0 aliphatic carbocycles. The molecule has 2 fully saturated rings. The van der Waals surface area contributed by atoms with E-state index in [2.05, 4.69) is 22.3 Å². The number of hydrogen-bond acceptors (Lipinski definition) is 6. The van der Waals surface area contributed by atoms with Gasteiger partial charge in [-0.3, -0.25) is 14.5 Å². The zero-order valence-electron chi connectivity index (χ0n) is 22.8. The van der Waals surface area contributed by atoms with Crippen molar-refractivity contribution < 1.29 is 19.1 Å². The molecule has 3 aromatic carbocycles. The van der Waals surface area contributed by atoms with Crippen LogP contribution in [0, 0.1) is 6.92 Å². The largest absolute Gasteiger partial charge is 0.492 e. The van der Waals surface area contributed by atoms with E-state index in [0.29, 0.717) is 25.2 Å². The molecule has 6 nitrogen and oxygen atoms in total. The number of amides is 1. The maximum absolute atomic E-state index is 13.9. The van der Waals surface area contributed by atoms with Crippen molar-refractivity contribution in [3.05, 3.63) is 83.4 Å². The quantitative estimate of drug-likeness (QED) is 0.235. The second kappa shape index (κ2) is 11.8. The van der Waals surface area contributed by atoms with Crippen LogP contribution in [-0.2, 0) is 4.79 Å². The molecule has 1 amide bonds. The Bertz CT molecular complexity index is 1520. The molecule has 0 saturated carbocycles. The van der Waals surface area contributed by atoms with Gasteiger partial charge in [-0.05, 0) is 98.9 Å². The first kappa shape index (κ1) is 26.5. The molecule has 4 aromatic rings. The molecular weight excluding hydrogens is 520 g/mol. The summed E-state index contributed by atoms with van der Waals surface area (Å²) in [5, 5.41) is 3.91. The van der Waals surface area contributed by atoms with Crippen LogP contribution in [0.2, 0.25) is 0 Å². The molecule has 40 heavy (non-hydrogen) atoms. The molecule has 1 atom stereocenters. The minimum Gasteiger partial charge on any atom is -0.492 e. The number of fused-ring (bicyclic) bond motifs is 1. The summed E-state index contributed by atoms with van der Waals surface area (Å²) in [7, 11) is 0. The van der Waals surface area contributed by atoms with Gasteiger partial charge < -0.3 is 14.8 Å². The van der Waals surface area contributed by atoms with Crippen LogP contribution in [0.25, 0.3) is 20.5 Å². The van der Waals surface area contributed by atoms with Crippen LogP contribution < -0.4 is 14.8 Å². The van der Waals surface area contributed by atoms with Crippen molar-refractivity contribution in [3.8, 4) is 21.9 Å². The number of aryl methyl sites for hydroxylation is 1. The molecule has 3 heterocycles. The summed E-state index contributed by atoms with van der Waals surface area (Å²) in [4.78, 5) is 28.8. The predicted octanol–water partition coefficient (Wildman–Crippen LogP) is 6.24. The molecular formula is C33H34N2O4S. The van der Waals surface area contributed by atoms with Gasteiger partial charge in [0, 0.05) is 39.1 Å². The van der Waals surface area contributed by atoms with Gasteiger partial charge in [-0.15, -0.1) is 11.3 Å². The van der Waals surface area contributed by atoms with Gasteiger partial charge in [0.05, 0.1) is 6.04 Å². The number of ether oxygens (including phenoxy) is 2. The molecule has 6 rings (SSSR count). The zero-order valence-corrected chi connectivity index (χ0v) is 23.6. The summed E-state index contributed by atoms with van der Waals surface area (Å²) >= 11 is 1.64. The predicted molar refractivity (Wildman–Crippen MR) is 160 cm³/mol. The number of nitrogens with one attached hydrogen (secondary N) is 1. The van der Waals surface area contributed by atoms with Gasteiger partial charge >= 0.3 is 0 Å². The van der Waals surface area contributed by atoms with Crippen LogP contribution in [0.4, 0.5) is 0 Å². The van der Waals surface area contributed by atoms with E-state index < -0.39 is 0 Å². The average molecular weight is 555 g/mol. The van der Waals surface area contributed by atoms with Gasteiger partial charge in [0.2, 0.25) is 5.91 Å². The highest BCUT2D eigenvalue weighted by Crippen LogP contribution is 2.41. The normalized spacial score (nSPS) is 17.3. The Balaban J connectivity index is 1.22. The highest BCUT2D eigenvalue weighted by Gasteiger charge is 2.23. The number of nitrogens with zero attached hydrogens (tertiary/aromatic N) is 1.